The Morgan fingerprint density at radius 2 is 2.35 bits per heavy atom. The minimum atomic E-state index is 0. The maximum Gasteiger partial charge on any atom is 0.221 e. The number of methoxy groups -OCH3 is 1. The normalized spacial score (nSPS) is 17.4. The molecule has 1 aliphatic rings. The summed E-state index contributed by atoms with van der Waals surface area (Å²) in [5.74, 6) is 0.767. The summed E-state index contributed by atoms with van der Waals surface area (Å²) in [7, 11) is 1.60. The Bertz CT molecular complexity index is 449. The zero-order valence-corrected chi connectivity index (χ0v) is 13.0. The number of carbonyl (C=O) groups is 1. The Balaban J connectivity index is 0.00000200. The van der Waals surface area contributed by atoms with Gasteiger partial charge in [0.2, 0.25) is 5.91 Å². The molecule has 1 aliphatic heterocycles. The van der Waals surface area contributed by atoms with Crippen LogP contribution in [0, 0.1) is 0 Å². The molecule has 1 amide bonds. The quantitative estimate of drug-likeness (QED) is 0.877. The first-order valence-corrected chi connectivity index (χ1v) is 6.89. The van der Waals surface area contributed by atoms with Crippen LogP contribution >= 0.6 is 24.0 Å². The van der Waals surface area contributed by atoms with E-state index in [4.69, 9.17) is 16.3 Å². The molecular weight excluding hydrogens is 299 g/mol. The van der Waals surface area contributed by atoms with E-state index in [-0.39, 0.29) is 18.3 Å². The van der Waals surface area contributed by atoms with Crippen LogP contribution in [-0.2, 0) is 11.3 Å². The van der Waals surface area contributed by atoms with Gasteiger partial charge in [0.15, 0.2) is 0 Å². The minimum Gasteiger partial charge on any atom is -0.496 e. The fraction of sp³-hybridized carbons (Fsp3) is 0.500. The molecule has 0 radical (unpaired) electrons. The maximum absolute atomic E-state index is 11.8. The fourth-order valence-corrected chi connectivity index (χ4v) is 2.45. The fourth-order valence-electron chi connectivity index (χ4n) is 2.29. The Kier molecular flexibility index (Phi) is 7.13. The monoisotopic (exact) mass is 318 g/mol. The van der Waals surface area contributed by atoms with Crippen molar-refractivity contribution in [3.63, 3.8) is 0 Å². The summed E-state index contributed by atoms with van der Waals surface area (Å²) in [6, 6.07) is 5.74. The number of halogens is 2. The first kappa shape index (κ1) is 17.1. The van der Waals surface area contributed by atoms with E-state index < -0.39 is 0 Å². The molecule has 0 saturated carbocycles. The highest BCUT2D eigenvalue weighted by atomic mass is 35.5. The van der Waals surface area contributed by atoms with Gasteiger partial charge in [0.05, 0.1) is 7.11 Å². The van der Waals surface area contributed by atoms with Crippen molar-refractivity contribution in [2.24, 2.45) is 0 Å². The summed E-state index contributed by atoms with van der Waals surface area (Å²) >= 11 is 5.90. The lowest BCUT2D eigenvalue weighted by Gasteiger charge is -2.12. The van der Waals surface area contributed by atoms with E-state index >= 15 is 0 Å². The van der Waals surface area contributed by atoms with Crippen molar-refractivity contribution >= 4 is 29.9 Å². The maximum atomic E-state index is 11.8. The third-order valence-corrected chi connectivity index (χ3v) is 3.55. The molecule has 0 spiro atoms. The van der Waals surface area contributed by atoms with Gasteiger partial charge in [-0.1, -0.05) is 17.7 Å². The van der Waals surface area contributed by atoms with E-state index in [2.05, 4.69) is 10.6 Å². The van der Waals surface area contributed by atoms with Crippen LogP contribution in [0.15, 0.2) is 18.2 Å². The molecule has 4 nitrogen and oxygen atoms in total. The van der Waals surface area contributed by atoms with E-state index in [0.29, 0.717) is 29.8 Å². The van der Waals surface area contributed by atoms with Crippen LogP contribution in [-0.4, -0.2) is 25.6 Å². The summed E-state index contributed by atoms with van der Waals surface area (Å²) < 4.78 is 5.24. The molecule has 6 heteroatoms. The van der Waals surface area contributed by atoms with Gasteiger partial charge in [-0.2, -0.15) is 0 Å². The number of ether oxygens (including phenoxy) is 1. The highest BCUT2D eigenvalue weighted by Crippen LogP contribution is 2.22. The van der Waals surface area contributed by atoms with Crippen molar-refractivity contribution in [3.8, 4) is 5.75 Å². The molecular formula is C14H20Cl2N2O2. The molecule has 1 aromatic rings. The minimum absolute atomic E-state index is 0. The second-order valence-electron chi connectivity index (χ2n) is 4.73. The Labute approximate surface area is 130 Å². The van der Waals surface area contributed by atoms with E-state index in [1.807, 2.05) is 6.07 Å². The number of benzene rings is 1. The predicted molar refractivity (Wildman–Crippen MR) is 82.7 cm³/mol. The van der Waals surface area contributed by atoms with E-state index in [1.54, 1.807) is 19.2 Å². The summed E-state index contributed by atoms with van der Waals surface area (Å²) in [4.78, 5) is 11.8. The van der Waals surface area contributed by atoms with Crippen LogP contribution in [0.1, 0.15) is 24.8 Å². The lowest BCUT2D eigenvalue weighted by atomic mass is 10.1. The van der Waals surface area contributed by atoms with E-state index in [1.165, 1.54) is 0 Å². The van der Waals surface area contributed by atoms with Crippen molar-refractivity contribution in [1.29, 1.82) is 0 Å². The summed E-state index contributed by atoms with van der Waals surface area (Å²) in [5.41, 5.74) is 0.930. The highest BCUT2D eigenvalue weighted by molar-refractivity contribution is 6.30. The third-order valence-electron chi connectivity index (χ3n) is 3.32. The summed E-state index contributed by atoms with van der Waals surface area (Å²) in [5, 5.41) is 6.86. The van der Waals surface area contributed by atoms with E-state index in [9.17, 15) is 4.79 Å². The van der Waals surface area contributed by atoms with Crippen molar-refractivity contribution < 1.29 is 9.53 Å². The Hall–Kier alpha value is -0.970. The molecule has 1 fully saturated rings. The third kappa shape index (κ3) is 4.85. The van der Waals surface area contributed by atoms with Gasteiger partial charge in [-0.05, 0) is 31.5 Å². The number of hydrogen-bond donors (Lipinski definition) is 2. The molecule has 0 aromatic heterocycles. The molecule has 1 heterocycles. The van der Waals surface area contributed by atoms with Gasteiger partial charge in [-0.15, -0.1) is 12.4 Å². The molecule has 1 unspecified atom stereocenters. The van der Waals surface area contributed by atoms with E-state index in [0.717, 1.165) is 24.9 Å². The molecule has 2 N–H and O–H groups in total. The molecule has 0 aliphatic carbocycles. The van der Waals surface area contributed by atoms with Gasteiger partial charge in [0, 0.05) is 29.6 Å². The number of hydrogen-bond acceptors (Lipinski definition) is 3. The van der Waals surface area contributed by atoms with Gasteiger partial charge in [-0.25, -0.2) is 0 Å². The highest BCUT2D eigenvalue weighted by Gasteiger charge is 2.17. The first-order valence-electron chi connectivity index (χ1n) is 6.51. The number of carbonyl (C=O) groups excluding carboxylic acids is 1. The average molecular weight is 319 g/mol. The van der Waals surface area contributed by atoms with Crippen LogP contribution in [0.25, 0.3) is 0 Å². The van der Waals surface area contributed by atoms with Crippen molar-refractivity contribution in [1.82, 2.24) is 10.6 Å². The van der Waals surface area contributed by atoms with Crippen LogP contribution in [0.3, 0.4) is 0 Å². The summed E-state index contributed by atoms with van der Waals surface area (Å²) in [6.07, 6.45) is 2.77. The zero-order chi connectivity index (χ0) is 13.7. The van der Waals surface area contributed by atoms with Gasteiger partial charge in [0.1, 0.15) is 5.75 Å². The lowest BCUT2D eigenvalue weighted by molar-refractivity contribution is -0.121. The zero-order valence-electron chi connectivity index (χ0n) is 11.4. The SMILES string of the molecule is COc1cc(Cl)ccc1CNC(=O)CC1CCCN1.Cl. The molecule has 112 valence electrons. The van der Waals surface area contributed by atoms with Gasteiger partial charge < -0.3 is 15.4 Å². The topological polar surface area (TPSA) is 50.4 Å². The van der Waals surface area contributed by atoms with Gasteiger partial charge in [0.25, 0.3) is 0 Å². The van der Waals surface area contributed by atoms with Gasteiger partial charge in [-0.3, -0.25) is 4.79 Å². The van der Waals surface area contributed by atoms with Crippen molar-refractivity contribution in [2.45, 2.75) is 31.8 Å². The van der Waals surface area contributed by atoms with Crippen molar-refractivity contribution in [2.75, 3.05) is 13.7 Å². The molecule has 20 heavy (non-hydrogen) atoms. The lowest BCUT2D eigenvalue weighted by Crippen LogP contribution is -2.31. The van der Waals surface area contributed by atoms with Crippen LogP contribution in [0.5, 0.6) is 5.75 Å². The van der Waals surface area contributed by atoms with Crippen LogP contribution < -0.4 is 15.4 Å². The average Bonchev–Trinajstić information content (AvgIpc) is 2.90. The molecule has 1 saturated heterocycles. The molecule has 1 aromatic carbocycles. The molecule has 1 atom stereocenters. The Morgan fingerprint density at radius 3 is 3.00 bits per heavy atom. The number of amides is 1. The van der Waals surface area contributed by atoms with Crippen LogP contribution in [0.2, 0.25) is 5.02 Å². The standard InChI is InChI=1S/C14H19ClN2O2.ClH/c1-19-13-7-11(15)5-4-10(13)9-17-14(18)8-12-3-2-6-16-12;/h4-5,7,12,16H,2-3,6,8-9H2,1H3,(H,17,18);1H. The summed E-state index contributed by atoms with van der Waals surface area (Å²) in [6.45, 7) is 1.48. The second-order valence-corrected chi connectivity index (χ2v) is 5.17. The van der Waals surface area contributed by atoms with Gasteiger partial charge >= 0.3 is 0 Å². The smallest absolute Gasteiger partial charge is 0.221 e. The largest absolute Gasteiger partial charge is 0.496 e. The molecule has 0 bridgehead atoms. The first-order chi connectivity index (χ1) is 9.19. The Morgan fingerprint density at radius 1 is 1.55 bits per heavy atom. The van der Waals surface area contributed by atoms with Crippen LogP contribution in [0.4, 0.5) is 0 Å². The number of nitrogens with one attached hydrogen (secondary N) is 2. The predicted octanol–water partition coefficient (Wildman–Crippen LogP) is 2.53. The second kappa shape index (κ2) is 8.35. The molecule has 2 rings (SSSR count). The van der Waals surface area contributed by atoms with Crippen molar-refractivity contribution in [3.05, 3.63) is 28.8 Å². The number of rotatable bonds is 5.